The maximum Gasteiger partial charge on any atom is 0.0700 e. The number of hydrogen-bond donors (Lipinski definition) is 1. The maximum atomic E-state index is 5.33. The Kier molecular flexibility index (Phi) is 6.72. The molecular formula is C12H20N2O2. The molecule has 0 amide bonds. The molecule has 0 unspecified atom stereocenters. The first-order valence-corrected chi connectivity index (χ1v) is 5.51. The van der Waals surface area contributed by atoms with Crippen LogP contribution in [0.5, 0.6) is 0 Å². The summed E-state index contributed by atoms with van der Waals surface area (Å²) in [5.41, 5.74) is 2.40. The largest absolute Gasteiger partial charge is 0.382 e. The molecule has 0 saturated heterocycles. The van der Waals surface area contributed by atoms with Crippen LogP contribution in [0, 0.1) is 6.92 Å². The van der Waals surface area contributed by atoms with Crippen LogP contribution < -0.4 is 5.32 Å². The number of pyridine rings is 1. The summed E-state index contributed by atoms with van der Waals surface area (Å²) in [5.74, 6) is 0. The second kappa shape index (κ2) is 8.21. The molecule has 0 aliphatic carbocycles. The van der Waals surface area contributed by atoms with Crippen LogP contribution in [0.3, 0.4) is 0 Å². The van der Waals surface area contributed by atoms with Crippen LogP contribution in [0.4, 0.5) is 0 Å². The number of methoxy groups -OCH3 is 1. The van der Waals surface area contributed by atoms with Crippen molar-refractivity contribution in [1.29, 1.82) is 0 Å². The molecule has 0 aliphatic heterocycles. The highest BCUT2D eigenvalue weighted by Gasteiger charge is 1.93. The molecule has 4 heteroatoms. The predicted molar refractivity (Wildman–Crippen MR) is 63.4 cm³/mol. The summed E-state index contributed by atoms with van der Waals surface area (Å²) >= 11 is 0. The van der Waals surface area contributed by atoms with Gasteiger partial charge in [0.1, 0.15) is 0 Å². The zero-order chi connectivity index (χ0) is 11.6. The molecule has 1 aromatic heterocycles. The van der Waals surface area contributed by atoms with Crippen molar-refractivity contribution in [2.75, 3.05) is 33.5 Å². The van der Waals surface area contributed by atoms with Gasteiger partial charge in [-0.3, -0.25) is 4.98 Å². The smallest absolute Gasteiger partial charge is 0.0700 e. The zero-order valence-corrected chi connectivity index (χ0v) is 10.0. The fraction of sp³-hybridized carbons (Fsp3) is 0.583. The third-order valence-corrected chi connectivity index (χ3v) is 2.12. The number of aryl methyl sites for hydroxylation is 1. The van der Waals surface area contributed by atoms with Gasteiger partial charge in [0, 0.05) is 32.6 Å². The minimum absolute atomic E-state index is 0.655. The molecule has 0 aliphatic rings. The van der Waals surface area contributed by atoms with Crippen LogP contribution in [0.15, 0.2) is 18.5 Å². The van der Waals surface area contributed by atoms with Crippen molar-refractivity contribution in [2.24, 2.45) is 0 Å². The van der Waals surface area contributed by atoms with Crippen molar-refractivity contribution in [1.82, 2.24) is 10.3 Å². The van der Waals surface area contributed by atoms with E-state index in [9.17, 15) is 0 Å². The molecule has 0 bridgehead atoms. The normalized spacial score (nSPS) is 10.6. The molecule has 4 nitrogen and oxygen atoms in total. The fourth-order valence-electron chi connectivity index (χ4n) is 1.34. The van der Waals surface area contributed by atoms with E-state index in [0.717, 1.165) is 13.1 Å². The molecule has 0 spiro atoms. The molecule has 0 radical (unpaired) electrons. The SMILES string of the molecule is COCCOCCNCc1cncc(C)c1. The molecular weight excluding hydrogens is 204 g/mol. The molecule has 1 N–H and O–H groups in total. The van der Waals surface area contributed by atoms with Gasteiger partial charge >= 0.3 is 0 Å². The Labute approximate surface area is 97.0 Å². The van der Waals surface area contributed by atoms with Gasteiger partial charge in [0.25, 0.3) is 0 Å². The topological polar surface area (TPSA) is 43.4 Å². The molecule has 1 rings (SSSR count). The second-order valence-corrected chi connectivity index (χ2v) is 3.65. The van der Waals surface area contributed by atoms with Crippen molar-refractivity contribution in [3.05, 3.63) is 29.6 Å². The predicted octanol–water partition coefficient (Wildman–Crippen LogP) is 1.14. The Morgan fingerprint density at radius 1 is 1.25 bits per heavy atom. The van der Waals surface area contributed by atoms with Gasteiger partial charge in [0.2, 0.25) is 0 Å². The summed E-state index contributed by atoms with van der Waals surface area (Å²) in [6.07, 6.45) is 3.74. The van der Waals surface area contributed by atoms with Crippen LogP contribution in [-0.2, 0) is 16.0 Å². The number of rotatable bonds is 8. The lowest BCUT2D eigenvalue weighted by Gasteiger charge is -2.06. The first-order valence-electron chi connectivity index (χ1n) is 5.51. The summed E-state index contributed by atoms with van der Waals surface area (Å²) in [5, 5.41) is 3.30. The molecule has 16 heavy (non-hydrogen) atoms. The van der Waals surface area contributed by atoms with E-state index >= 15 is 0 Å². The molecule has 0 saturated carbocycles. The van der Waals surface area contributed by atoms with Gasteiger partial charge < -0.3 is 14.8 Å². The van der Waals surface area contributed by atoms with E-state index in [1.165, 1.54) is 11.1 Å². The quantitative estimate of drug-likeness (QED) is 0.673. The van der Waals surface area contributed by atoms with Crippen LogP contribution in [0.1, 0.15) is 11.1 Å². The Morgan fingerprint density at radius 2 is 2.12 bits per heavy atom. The average Bonchev–Trinajstić information content (AvgIpc) is 2.28. The minimum Gasteiger partial charge on any atom is -0.382 e. The van der Waals surface area contributed by atoms with Crippen molar-refractivity contribution < 1.29 is 9.47 Å². The number of ether oxygens (including phenoxy) is 2. The number of nitrogens with one attached hydrogen (secondary N) is 1. The fourth-order valence-corrected chi connectivity index (χ4v) is 1.34. The summed E-state index contributed by atoms with van der Waals surface area (Å²) < 4.78 is 10.2. The third-order valence-electron chi connectivity index (χ3n) is 2.12. The lowest BCUT2D eigenvalue weighted by molar-refractivity contribution is 0.0719. The van der Waals surface area contributed by atoms with E-state index in [2.05, 4.69) is 16.4 Å². The highest BCUT2D eigenvalue weighted by molar-refractivity contribution is 5.16. The molecule has 1 heterocycles. The van der Waals surface area contributed by atoms with Gasteiger partial charge in [0.15, 0.2) is 0 Å². The zero-order valence-electron chi connectivity index (χ0n) is 10.0. The Morgan fingerprint density at radius 3 is 2.88 bits per heavy atom. The number of nitrogens with zero attached hydrogens (tertiary/aromatic N) is 1. The molecule has 0 fully saturated rings. The molecule has 0 atom stereocenters. The lowest BCUT2D eigenvalue weighted by atomic mass is 10.2. The summed E-state index contributed by atoms with van der Waals surface area (Å²) in [6, 6.07) is 2.13. The first-order chi connectivity index (χ1) is 7.83. The highest BCUT2D eigenvalue weighted by Crippen LogP contribution is 1.99. The van der Waals surface area contributed by atoms with Crippen molar-refractivity contribution in [2.45, 2.75) is 13.5 Å². The van der Waals surface area contributed by atoms with E-state index < -0.39 is 0 Å². The van der Waals surface area contributed by atoms with Gasteiger partial charge in [-0.15, -0.1) is 0 Å². The maximum absolute atomic E-state index is 5.33. The molecule has 0 aromatic carbocycles. The number of hydrogen-bond acceptors (Lipinski definition) is 4. The van der Waals surface area contributed by atoms with Gasteiger partial charge in [-0.2, -0.15) is 0 Å². The van der Waals surface area contributed by atoms with Crippen LogP contribution in [0.25, 0.3) is 0 Å². The summed E-state index contributed by atoms with van der Waals surface area (Å²) in [4.78, 5) is 4.14. The van der Waals surface area contributed by atoms with Crippen LogP contribution in [0.2, 0.25) is 0 Å². The third kappa shape index (κ3) is 5.80. The van der Waals surface area contributed by atoms with E-state index in [1.54, 1.807) is 7.11 Å². The summed E-state index contributed by atoms with van der Waals surface area (Å²) in [7, 11) is 1.67. The van der Waals surface area contributed by atoms with Gasteiger partial charge in [-0.25, -0.2) is 0 Å². The van der Waals surface area contributed by atoms with E-state index in [0.29, 0.717) is 19.8 Å². The first kappa shape index (κ1) is 13.1. The van der Waals surface area contributed by atoms with E-state index in [-0.39, 0.29) is 0 Å². The minimum atomic E-state index is 0.655. The van der Waals surface area contributed by atoms with Crippen LogP contribution >= 0.6 is 0 Å². The summed E-state index contributed by atoms with van der Waals surface area (Å²) in [6.45, 7) is 5.75. The molecule has 1 aromatic rings. The molecule has 90 valence electrons. The Hall–Kier alpha value is -0.970. The van der Waals surface area contributed by atoms with Gasteiger partial charge in [-0.1, -0.05) is 6.07 Å². The van der Waals surface area contributed by atoms with E-state index in [1.807, 2.05) is 19.3 Å². The lowest BCUT2D eigenvalue weighted by Crippen LogP contribution is -2.20. The van der Waals surface area contributed by atoms with E-state index in [4.69, 9.17) is 9.47 Å². The number of aromatic nitrogens is 1. The Balaban J connectivity index is 2.03. The average molecular weight is 224 g/mol. The van der Waals surface area contributed by atoms with Crippen molar-refractivity contribution in [3.63, 3.8) is 0 Å². The van der Waals surface area contributed by atoms with Crippen molar-refractivity contribution >= 4 is 0 Å². The highest BCUT2D eigenvalue weighted by atomic mass is 16.5. The Bertz CT molecular complexity index is 292. The van der Waals surface area contributed by atoms with Gasteiger partial charge in [0.05, 0.1) is 19.8 Å². The van der Waals surface area contributed by atoms with Crippen LogP contribution in [-0.4, -0.2) is 38.5 Å². The standard InChI is InChI=1S/C12H20N2O2/c1-11-7-12(10-14-8-11)9-13-3-4-16-6-5-15-2/h7-8,10,13H,3-6,9H2,1-2H3. The second-order valence-electron chi connectivity index (χ2n) is 3.65. The van der Waals surface area contributed by atoms with Crippen molar-refractivity contribution in [3.8, 4) is 0 Å². The monoisotopic (exact) mass is 224 g/mol. The van der Waals surface area contributed by atoms with Gasteiger partial charge in [-0.05, 0) is 18.1 Å².